The Bertz CT molecular complexity index is 845. The molecule has 0 N–H and O–H groups in total. The number of fused-ring (bicyclic) bond motifs is 3. The lowest BCUT2D eigenvalue weighted by molar-refractivity contribution is 1.20. The number of aromatic nitrogens is 1. The van der Waals surface area contributed by atoms with Gasteiger partial charge in [-0.1, -0.05) is 54.6 Å². The van der Waals surface area contributed by atoms with Crippen molar-refractivity contribution in [3.05, 3.63) is 89.2 Å². The van der Waals surface area contributed by atoms with Gasteiger partial charge in [0, 0.05) is 17.5 Å². The van der Waals surface area contributed by atoms with Crippen LogP contribution in [0.5, 0.6) is 0 Å². The Kier molecular flexibility index (Phi) is 2.71. The molecule has 1 aliphatic rings. The topological polar surface area (TPSA) is 12.9 Å². The molecule has 0 atom stereocenters. The second kappa shape index (κ2) is 4.71. The Morgan fingerprint density at radius 3 is 2.29 bits per heavy atom. The molecule has 1 heteroatoms. The normalized spacial score (nSPS) is 14.0. The van der Waals surface area contributed by atoms with Gasteiger partial charge in [-0.25, -0.2) is 0 Å². The molecule has 100 valence electrons. The van der Waals surface area contributed by atoms with E-state index in [1.54, 1.807) is 0 Å². The van der Waals surface area contributed by atoms with Gasteiger partial charge in [-0.05, 0) is 46.9 Å². The summed E-state index contributed by atoms with van der Waals surface area (Å²) in [5, 5.41) is 0. The van der Waals surface area contributed by atoms with Gasteiger partial charge in [0.05, 0.1) is 0 Å². The van der Waals surface area contributed by atoms with Gasteiger partial charge < -0.3 is 0 Å². The van der Waals surface area contributed by atoms with E-state index in [2.05, 4.69) is 65.7 Å². The molecule has 0 spiro atoms. The predicted octanol–water partition coefficient (Wildman–Crippen LogP) is 4.96. The summed E-state index contributed by atoms with van der Waals surface area (Å²) in [6, 6.07) is 21.2. The third kappa shape index (κ3) is 1.98. The van der Waals surface area contributed by atoms with Crippen LogP contribution in [0.1, 0.15) is 22.4 Å². The van der Waals surface area contributed by atoms with Crippen molar-refractivity contribution in [2.45, 2.75) is 6.92 Å². The highest BCUT2D eigenvalue weighted by atomic mass is 14.7. The van der Waals surface area contributed by atoms with Crippen LogP contribution in [0, 0.1) is 6.92 Å². The van der Waals surface area contributed by atoms with Crippen molar-refractivity contribution in [1.82, 2.24) is 4.98 Å². The third-order valence-corrected chi connectivity index (χ3v) is 3.95. The van der Waals surface area contributed by atoms with E-state index in [0.29, 0.717) is 0 Å². The van der Waals surface area contributed by atoms with E-state index in [9.17, 15) is 0 Å². The molecule has 21 heavy (non-hydrogen) atoms. The maximum Gasteiger partial charge on any atom is 0.0379 e. The Hall–Kier alpha value is -2.67. The lowest BCUT2D eigenvalue weighted by atomic mass is 10.0. The minimum atomic E-state index is 1.06. The van der Waals surface area contributed by atoms with Crippen LogP contribution in [0.4, 0.5) is 0 Å². The van der Waals surface area contributed by atoms with Crippen molar-refractivity contribution in [3.8, 4) is 11.1 Å². The number of benzene rings is 2. The molecular formula is C20H15N. The second-order valence-electron chi connectivity index (χ2n) is 5.39. The van der Waals surface area contributed by atoms with E-state index in [1.165, 1.54) is 33.4 Å². The van der Waals surface area contributed by atoms with Gasteiger partial charge in [0.2, 0.25) is 0 Å². The van der Waals surface area contributed by atoms with Crippen LogP contribution in [0.15, 0.2) is 66.9 Å². The molecule has 0 bridgehead atoms. The molecule has 0 radical (unpaired) electrons. The quantitative estimate of drug-likeness (QED) is 0.476. The van der Waals surface area contributed by atoms with Gasteiger partial charge in [-0.15, -0.1) is 0 Å². The standard InChI is InChI=1S/C20H15N/c1-14-11-18-16-9-5-6-10-17(16)19(20(18)13-21-14)12-15-7-3-2-4-8-15/h2-13H,1H3/b19-12-. The van der Waals surface area contributed by atoms with Crippen molar-refractivity contribution >= 4 is 11.6 Å². The first-order valence-electron chi connectivity index (χ1n) is 7.16. The zero-order valence-electron chi connectivity index (χ0n) is 11.9. The van der Waals surface area contributed by atoms with Gasteiger partial charge in [-0.3, -0.25) is 4.98 Å². The first-order valence-corrected chi connectivity index (χ1v) is 7.16. The Labute approximate surface area is 124 Å². The summed E-state index contributed by atoms with van der Waals surface area (Å²) in [5.74, 6) is 0. The van der Waals surface area contributed by atoms with Gasteiger partial charge >= 0.3 is 0 Å². The van der Waals surface area contributed by atoms with Crippen LogP contribution in [0.3, 0.4) is 0 Å². The molecule has 1 aliphatic carbocycles. The lowest BCUT2D eigenvalue weighted by Crippen LogP contribution is -1.86. The van der Waals surface area contributed by atoms with Crippen molar-refractivity contribution < 1.29 is 0 Å². The highest BCUT2D eigenvalue weighted by molar-refractivity contribution is 6.06. The van der Waals surface area contributed by atoms with Crippen molar-refractivity contribution in [2.24, 2.45) is 0 Å². The first kappa shape index (κ1) is 12.1. The summed E-state index contributed by atoms with van der Waals surface area (Å²) in [6.07, 6.45) is 4.25. The molecule has 0 saturated carbocycles. The first-order chi connectivity index (χ1) is 10.3. The fourth-order valence-electron chi connectivity index (χ4n) is 2.97. The fraction of sp³-hybridized carbons (Fsp3) is 0.0500. The second-order valence-corrected chi connectivity index (χ2v) is 5.39. The zero-order chi connectivity index (χ0) is 14.2. The molecule has 0 saturated heterocycles. The van der Waals surface area contributed by atoms with Gasteiger partial charge in [0.15, 0.2) is 0 Å². The van der Waals surface area contributed by atoms with Gasteiger partial charge in [-0.2, -0.15) is 0 Å². The number of aryl methyl sites for hydroxylation is 1. The molecule has 0 fully saturated rings. The minimum Gasteiger partial charge on any atom is -0.261 e. The zero-order valence-corrected chi connectivity index (χ0v) is 11.9. The van der Waals surface area contributed by atoms with Gasteiger partial charge in [0.1, 0.15) is 0 Å². The maximum atomic E-state index is 4.48. The molecule has 3 aromatic rings. The monoisotopic (exact) mass is 269 g/mol. The minimum absolute atomic E-state index is 1.06. The van der Waals surface area contributed by atoms with E-state index in [1.807, 2.05) is 19.2 Å². The third-order valence-electron chi connectivity index (χ3n) is 3.95. The highest BCUT2D eigenvalue weighted by Gasteiger charge is 2.23. The molecule has 1 nitrogen and oxygen atoms in total. The summed E-state index contributed by atoms with van der Waals surface area (Å²) in [6.45, 7) is 2.04. The molecule has 0 aliphatic heterocycles. The number of rotatable bonds is 1. The molecule has 1 heterocycles. The van der Waals surface area contributed by atoms with E-state index in [4.69, 9.17) is 0 Å². The van der Waals surface area contributed by atoms with Crippen molar-refractivity contribution in [3.63, 3.8) is 0 Å². The number of hydrogen-bond donors (Lipinski definition) is 0. The Balaban J connectivity index is 1.99. The Morgan fingerprint density at radius 1 is 0.762 bits per heavy atom. The summed E-state index contributed by atoms with van der Waals surface area (Å²) in [5.41, 5.74) is 8.66. The van der Waals surface area contributed by atoms with E-state index in [0.717, 1.165) is 5.69 Å². The fourth-order valence-corrected chi connectivity index (χ4v) is 2.97. The van der Waals surface area contributed by atoms with E-state index < -0.39 is 0 Å². The average Bonchev–Trinajstić information content (AvgIpc) is 2.82. The molecule has 0 amide bonds. The van der Waals surface area contributed by atoms with Crippen LogP contribution in [-0.4, -0.2) is 4.98 Å². The smallest absolute Gasteiger partial charge is 0.0379 e. The number of hydrogen-bond acceptors (Lipinski definition) is 1. The predicted molar refractivity (Wildman–Crippen MR) is 87.8 cm³/mol. The molecular weight excluding hydrogens is 254 g/mol. The highest BCUT2D eigenvalue weighted by Crippen LogP contribution is 2.44. The molecule has 4 rings (SSSR count). The van der Waals surface area contributed by atoms with E-state index >= 15 is 0 Å². The molecule has 0 unspecified atom stereocenters. The molecule has 2 aromatic carbocycles. The van der Waals surface area contributed by atoms with Crippen LogP contribution in [0.2, 0.25) is 0 Å². The average molecular weight is 269 g/mol. The lowest BCUT2D eigenvalue weighted by Gasteiger charge is -2.03. The SMILES string of the molecule is Cc1cc2c(cn1)/C(=C\c1ccccc1)c1ccccc1-2. The summed E-state index contributed by atoms with van der Waals surface area (Å²) < 4.78 is 0. The van der Waals surface area contributed by atoms with Crippen LogP contribution in [-0.2, 0) is 0 Å². The largest absolute Gasteiger partial charge is 0.261 e. The van der Waals surface area contributed by atoms with E-state index in [-0.39, 0.29) is 0 Å². The van der Waals surface area contributed by atoms with Crippen LogP contribution < -0.4 is 0 Å². The molecule has 1 aromatic heterocycles. The van der Waals surface area contributed by atoms with Crippen LogP contribution in [0.25, 0.3) is 22.8 Å². The summed E-state index contributed by atoms with van der Waals surface area (Å²) in [4.78, 5) is 4.48. The summed E-state index contributed by atoms with van der Waals surface area (Å²) in [7, 11) is 0. The van der Waals surface area contributed by atoms with Crippen molar-refractivity contribution in [2.75, 3.05) is 0 Å². The van der Waals surface area contributed by atoms with Gasteiger partial charge in [0.25, 0.3) is 0 Å². The van der Waals surface area contributed by atoms with Crippen molar-refractivity contribution in [1.29, 1.82) is 0 Å². The summed E-state index contributed by atoms with van der Waals surface area (Å²) >= 11 is 0. The van der Waals surface area contributed by atoms with Crippen LogP contribution >= 0.6 is 0 Å². The number of pyridine rings is 1. The number of nitrogens with zero attached hydrogens (tertiary/aromatic N) is 1. The Morgan fingerprint density at radius 2 is 1.48 bits per heavy atom. The maximum absolute atomic E-state index is 4.48.